The van der Waals surface area contributed by atoms with Crippen molar-refractivity contribution in [3.8, 4) is 0 Å². The number of Topliss-reactive ketones (excluding diaryl/α,β-unsaturated/α-hetero) is 1. The zero-order valence-electron chi connectivity index (χ0n) is 23.0. The van der Waals surface area contributed by atoms with Crippen LogP contribution in [0.15, 0.2) is 46.3 Å². The van der Waals surface area contributed by atoms with Crippen LogP contribution in [-0.4, -0.2) is 34.7 Å². The second-order valence-corrected chi connectivity index (χ2v) is 11.9. The molecule has 0 radical (unpaired) electrons. The molecule has 0 spiro atoms. The predicted molar refractivity (Wildman–Crippen MR) is 141 cm³/mol. The number of ketones is 1. The van der Waals surface area contributed by atoms with Crippen molar-refractivity contribution in [1.29, 1.82) is 0 Å². The van der Waals surface area contributed by atoms with Crippen LogP contribution in [0.3, 0.4) is 0 Å². The van der Waals surface area contributed by atoms with Crippen LogP contribution in [0.25, 0.3) is 0 Å². The van der Waals surface area contributed by atoms with Gasteiger partial charge < -0.3 is 14.9 Å². The molecule has 5 heteroatoms. The van der Waals surface area contributed by atoms with Crippen molar-refractivity contribution in [2.45, 2.75) is 100 Å². The van der Waals surface area contributed by atoms with Gasteiger partial charge in [-0.15, -0.1) is 0 Å². The summed E-state index contributed by atoms with van der Waals surface area (Å²) in [5.74, 6) is -1.28. The van der Waals surface area contributed by atoms with Gasteiger partial charge >= 0.3 is 5.97 Å². The zero-order valence-corrected chi connectivity index (χ0v) is 23.0. The van der Waals surface area contributed by atoms with Crippen LogP contribution in [0.5, 0.6) is 0 Å². The minimum Gasteiger partial charge on any atom is -0.504 e. The fourth-order valence-electron chi connectivity index (χ4n) is 4.94. The van der Waals surface area contributed by atoms with Gasteiger partial charge in [-0.25, -0.2) is 0 Å². The van der Waals surface area contributed by atoms with Gasteiger partial charge in [0.05, 0.1) is 18.1 Å². The average molecular weight is 487 g/mol. The minimum absolute atomic E-state index is 0.112. The maximum atomic E-state index is 13.4. The van der Waals surface area contributed by atoms with Crippen LogP contribution in [0, 0.1) is 22.7 Å². The summed E-state index contributed by atoms with van der Waals surface area (Å²) in [7, 11) is 0. The molecular weight excluding hydrogens is 440 g/mol. The molecule has 0 amide bonds. The highest BCUT2D eigenvalue weighted by molar-refractivity contribution is 6.02. The molecule has 0 unspecified atom stereocenters. The summed E-state index contributed by atoms with van der Waals surface area (Å²) in [6.45, 7) is 15.5. The summed E-state index contributed by atoms with van der Waals surface area (Å²) in [6, 6.07) is 0. The Morgan fingerprint density at radius 3 is 2.40 bits per heavy atom. The number of allylic oxidation sites excluding steroid dienone is 6. The first-order valence-corrected chi connectivity index (χ1v) is 13.0. The number of hydrogen-bond acceptors (Lipinski definition) is 5. The van der Waals surface area contributed by atoms with Crippen LogP contribution in [-0.2, 0) is 14.3 Å². The van der Waals surface area contributed by atoms with Crippen molar-refractivity contribution >= 4 is 11.8 Å². The molecule has 5 nitrogen and oxygen atoms in total. The van der Waals surface area contributed by atoms with Crippen molar-refractivity contribution in [3.05, 3.63) is 46.3 Å². The molecule has 2 rings (SSSR count). The van der Waals surface area contributed by atoms with Gasteiger partial charge in [-0.3, -0.25) is 9.59 Å². The van der Waals surface area contributed by atoms with Crippen molar-refractivity contribution in [3.63, 3.8) is 0 Å². The molecule has 2 aliphatic rings. The van der Waals surface area contributed by atoms with Gasteiger partial charge in [0.25, 0.3) is 0 Å². The summed E-state index contributed by atoms with van der Waals surface area (Å²) in [4.78, 5) is 25.8. The van der Waals surface area contributed by atoms with Crippen LogP contribution in [0.1, 0.15) is 93.9 Å². The van der Waals surface area contributed by atoms with Crippen LogP contribution < -0.4 is 0 Å². The summed E-state index contributed by atoms with van der Waals surface area (Å²) >= 11 is 0. The lowest BCUT2D eigenvalue weighted by Gasteiger charge is -2.32. The van der Waals surface area contributed by atoms with Crippen LogP contribution >= 0.6 is 0 Å². The fraction of sp³-hybridized carbons (Fsp3) is 0.667. The Balaban J connectivity index is 2.42. The van der Waals surface area contributed by atoms with E-state index < -0.39 is 16.9 Å². The molecule has 0 bridgehead atoms. The molecule has 0 saturated carbocycles. The van der Waals surface area contributed by atoms with E-state index >= 15 is 0 Å². The van der Waals surface area contributed by atoms with Gasteiger partial charge in [0, 0.05) is 17.3 Å². The van der Waals surface area contributed by atoms with E-state index in [2.05, 4.69) is 26.0 Å². The van der Waals surface area contributed by atoms with E-state index in [0.29, 0.717) is 24.8 Å². The molecule has 35 heavy (non-hydrogen) atoms. The highest BCUT2D eigenvalue weighted by atomic mass is 16.5. The number of esters is 1. The van der Waals surface area contributed by atoms with E-state index in [1.165, 1.54) is 11.1 Å². The van der Waals surface area contributed by atoms with Crippen molar-refractivity contribution in [2.75, 3.05) is 6.61 Å². The van der Waals surface area contributed by atoms with E-state index in [1.807, 2.05) is 26.8 Å². The third-order valence-electron chi connectivity index (χ3n) is 7.68. The highest BCUT2D eigenvalue weighted by Gasteiger charge is 2.51. The molecule has 0 aromatic heterocycles. The van der Waals surface area contributed by atoms with E-state index in [4.69, 9.17) is 4.74 Å². The molecule has 2 aliphatic carbocycles. The molecule has 2 N–H and O–H groups in total. The Hall–Kier alpha value is -2.14. The first-order valence-electron chi connectivity index (χ1n) is 13.0. The molecule has 0 heterocycles. The zero-order chi connectivity index (χ0) is 26.6. The summed E-state index contributed by atoms with van der Waals surface area (Å²) < 4.78 is 5.55. The Morgan fingerprint density at radius 1 is 1.14 bits per heavy atom. The molecule has 0 aromatic carbocycles. The van der Waals surface area contributed by atoms with E-state index in [0.717, 1.165) is 24.8 Å². The Bertz CT molecular complexity index is 927. The fourth-order valence-corrected chi connectivity index (χ4v) is 4.94. The maximum absolute atomic E-state index is 13.4. The van der Waals surface area contributed by atoms with Gasteiger partial charge in [0.1, 0.15) is 0 Å². The summed E-state index contributed by atoms with van der Waals surface area (Å²) in [5, 5.41) is 21.7. The maximum Gasteiger partial charge on any atom is 0.311 e. The number of hydrogen-bond donors (Lipinski definition) is 2. The van der Waals surface area contributed by atoms with Crippen molar-refractivity contribution < 1.29 is 24.5 Å². The van der Waals surface area contributed by atoms with Crippen molar-refractivity contribution in [2.24, 2.45) is 22.7 Å². The second-order valence-electron chi connectivity index (χ2n) is 11.9. The van der Waals surface area contributed by atoms with E-state index in [1.54, 1.807) is 20.8 Å². The SMILES string of the molecule is C/C1=C\C[C@]2(C)C(=O)C(O)=C([C@H](C)COC(=O)C(C)(C)C)[C@H]2C/C=C(\C)[C@H](O)CC/C(C)=C/CC1. The standard InChI is InChI=1S/C30H46O5/c1-19-10-9-11-20(2)16-17-30(8)23(14-13-21(3)24(31)15-12-19)25(26(32)27(30)33)22(4)18-35-28(34)29(5,6)7/h10,13,16,22-24,31-32H,9,11-12,14-15,17-18H2,1-8H3/b19-10+,20-16+,21-13+/t22-,23-,24-,30+/m1/s1. The van der Waals surface area contributed by atoms with Gasteiger partial charge in [0.15, 0.2) is 5.76 Å². The topological polar surface area (TPSA) is 83.8 Å². The summed E-state index contributed by atoms with van der Waals surface area (Å²) in [5.41, 5.74) is 2.63. The molecule has 0 aliphatic heterocycles. The van der Waals surface area contributed by atoms with E-state index in [9.17, 15) is 19.8 Å². The van der Waals surface area contributed by atoms with Gasteiger partial charge in [0.2, 0.25) is 5.78 Å². The Morgan fingerprint density at radius 2 is 1.77 bits per heavy atom. The number of carbonyl (C=O) groups is 2. The summed E-state index contributed by atoms with van der Waals surface area (Å²) in [6.07, 6.45) is 10.3. The number of fused-ring (bicyclic) bond motifs is 1. The third kappa shape index (κ3) is 7.19. The molecular formula is C30H46O5. The third-order valence-corrected chi connectivity index (χ3v) is 7.68. The quantitative estimate of drug-likeness (QED) is 0.339. The van der Waals surface area contributed by atoms with Gasteiger partial charge in [-0.05, 0) is 91.2 Å². The smallest absolute Gasteiger partial charge is 0.311 e. The first kappa shape index (κ1) is 29.1. The van der Waals surface area contributed by atoms with Crippen LogP contribution in [0.2, 0.25) is 0 Å². The second kappa shape index (κ2) is 11.7. The molecule has 0 saturated heterocycles. The van der Waals surface area contributed by atoms with Crippen molar-refractivity contribution in [1.82, 2.24) is 0 Å². The van der Waals surface area contributed by atoms with Gasteiger partial charge in [-0.1, -0.05) is 43.2 Å². The van der Waals surface area contributed by atoms with E-state index in [-0.39, 0.29) is 36.0 Å². The van der Waals surface area contributed by atoms with Gasteiger partial charge in [-0.2, -0.15) is 0 Å². The first-order chi connectivity index (χ1) is 16.2. The number of rotatable bonds is 3. The highest BCUT2D eigenvalue weighted by Crippen LogP contribution is 2.50. The number of aliphatic hydroxyl groups is 2. The Kier molecular flexibility index (Phi) is 9.75. The minimum atomic E-state index is -0.795. The molecule has 0 aromatic rings. The largest absolute Gasteiger partial charge is 0.504 e. The lowest BCUT2D eigenvalue weighted by atomic mass is 9.70. The predicted octanol–water partition coefficient (Wildman–Crippen LogP) is 6.78. The lowest BCUT2D eigenvalue weighted by molar-refractivity contribution is -0.153. The molecule has 4 atom stereocenters. The normalized spacial score (nSPS) is 32.7. The number of aliphatic hydroxyl groups excluding tert-OH is 2. The lowest BCUT2D eigenvalue weighted by Crippen LogP contribution is -2.32. The molecule has 0 fully saturated rings. The number of carbonyl (C=O) groups excluding carboxylic acids is 2. The van der Waals surface area contributed by atoms with Crippen LogP contribution in [0.4, 0.5) is 0 Å². The Labute approximate surface area is 212 Å². The number of ether oxygens (including phenoxy) is 1. The molecule has 196 valence electrons. The monoisotopic (exact) mass is 486 g/mol. The average Bonchev–Trinajstić information content (AvgIpc) is 2.97.